The van der Waals surface area contributed by atoms with Crippen LogP contribution in [0.4, 0.5) is 10.5 Å². The summed E-state index contributed by atoms with van der Waals surface area (Å²) in [7, 11) is 0. The lowest BCUT2D eigenvalue weighted by Gasteiger charge is -2.37. The molecule has 0 bridgehead atoms. The van der Waals surface area contributed by atoms with Crippen molar-refractivity contribution < 1.29 is 29.3 Å². The maximum Gasteiger partial charge on any atom is 0.429 e. The van der Waals surface area contributed by atoms with E-state index in [-0.39, 0.29) is 43.7 Å². The molecule has 4 N–H and O–H groups in total. The molecule has 3 amide bonds. The number of phenolic OH excluding ortho intramolecular Hbond substituents is 1. The topological polar surface area (TPSA) is 135 Å². The van der Waals surface area contributed by atoms with E-state index in [0.717, 1.165) is 80.5 Å². The van der Waals surface area contributed by atoms with Gasteiger partial charge in [0, 0.05) is 51.3 Å². The Morgan fingerprint density at radius 3 is 2.20 bits per heavy atom. The van der Waals surface area contributed by atoms with Crippen molar-refractivity contribution in [3.05, 3.63) is 84.4 Å². The molecule has 1 saturated heterocycles. The van der Waals surface area contributed by atoms with Gasteiger partial charge in [0.1, 0.15) is 12.4 Å². The van der Waals surface area contributed by atoms with E-state index >= 15 is 0 Å². The van der Waals surface area contributed by atoms with Gasteiger partial charge in [0.2, 0.25) is 11.8 Å². The summed E-state index contributed by atoms with van der Waals surface area (Å²) in [5.74, 6) is -0.0536. The lowest BCUT2D eigenvalue weighted by atomic mass is 10.0. The minimum absolute atomic E-state index is 0.0133. The number of hydrogen-bond donors (Lipinski definition) is 4. The van der Waals surface area contributed by atoms with Crippen molar-refractivity contribution >= 4 is 23.6 Å². The Morgan fingerprint density at radius 1 is 0.755 bits per heavy atom. The van der Waals surface area contributed by atoms with Crippen LogP contribution >= 0.6 is 0 Å². The van der Waals surface area contributed by atoms with Gasteiger partial charge in [0.25, 0.3) is 0 Å². The van der Waals surface area contributed by atoms with Crippen LogP contribution in [0, 0.1) is 0 Å². The number of unbranched alkanes of at least 4 members (excludes halogenated alkanes) is 2. The summed E-state index contributed by atoms with van der Waals surface area (Å²) in [6.07, 6.45) is 5.63. The number of piperidine rings is 1. The highest BCUT2D eigenvalue weighted by Crippen LogP contribution is 2.33. The summed E-state index contributed by atoms with van der Waals surface area (Å²) < 4.78 is 5.69. The monoisotopic (exact) mass is 673 g/mol. The Labute approximate surface area is 289 Å². The molecule has 0 aromatic heterocycles. The smallest absolute Gasteiger partial charge is 0.429 e. The zero-order valence-electron chi connectivity index (χ0n) is 28.4. The molecular weight excluding hydrogens is 622 g/mol. The lowest BCUT2D eigenvalue weighted by molar-refractivity contribution is -0.122. The number of aromatic hydroxyl groups is 1. The van der Waals surface area contributed by atoms with Gasteiger partial charge < -0.3 is 25.6 Å². The number of benzene rings is 3. The third-order valence-corrected chi connectivity index (χ3v) is 8.46. The molecule has 264 valence electrons. The Hall–Kier alpha value is -4.45. The first-order valence-electron chi connectivity index (χ1n) is 17.5. The maximum absolute atomic E-state index is 13.5. The van der Waals surface area contributed by atoms with Gasteiger partial charge in [-0.25, -0.2) is 14.8 Å². The van der Waals surface area contributed by atoms with Gasteiger partial charge in [-0.15, -0.1) is 0 Å². The molecule has 1 aliphatic heterocycles. The number of amides is 3. The van der Waals surface area contributed by atoms with Crippen molar-refractivity contribution in [1.82, 2.24) is 20.5 Å². The molecule has 11 nitrogen and oxygen atoms in total. The SMILES string of the molecule is O=C(CCOC(=O)N(c1ccccc1-c1ccccc1)N1CCCCC1)NCCCCCN(CCC(=O)NCCO)Cc1ccc(O)cc1. The van der Waals surface area contributed by atoms with Gasteiger partial charge in [-0.2, -0.15) is 0 Å². The van der Waals surface area contributed by atoms with E-state index < -0.39 is 6.09 Å². The van der Waals surface area contributed by atoms with Gasteiger partial charge in [-0.3, -0.25) is 14.5 Å². The first-order chi connectivity index (χ1) is 23.9. The normalized spacial score (nSPS) is 13.2. The molecule has 4 rings (SSSR count). The second kappa shape index (κ2) is 20.8. The number of para-hydroxylation sites is 1. The standard InChI is InChI=1S/C38H51N5O6/c44-28-23-40-36(46)20-27-41(30-31-16-18-33(45)19-17-31)24-9-2-8-22-39-37(47)21-29-49-38(48)43(42-25-10-3-11-26-42)35-15-7-6-14-34(35)32-12-4-1-5-13-32/h1,4-7,12-19,44-45H,2-3,8-11,20-30H2,(H,39,47)(H,40,46). The first-order valence-corrected chi connectivity index (χ1v) is 17.5. The summed E-state index contributed by atoms with van der Waals surface area (Å²) in [4.78, 5) is 40.4. The van der Waals surface area contributed by atoms with Crippen molar-refractivity contribution in [3.8, 4) is 16.9 Å². The van der Waals surface area contributed by atoms with Crippen LogP contribution in [0.5, 0.6) is 5.75 Å². The highest BCUT2D eigenvalue weighted by molar-refractivity contribution is 5.93. The minimum atomic E-state index is -0.485. The molecule has 1 heterocycles. The number of ether oxygens (including phenoxy) is 1. The highest BCUT2D eigenvalue weighted by atomic mass is 16.6. The van der Waals surface area contributed by atoms with Crippen LogP contribution < -0.4 is 15.6 Å². The van der Waals surface area contributed by atoms with Gasteiger partial charge >= 0.3 is 6.09 Å². The van der Waals surface area contributed by atoms with Crippen LogP contribution in [0.25, 0.3) is 11.1 Å². The predicted molar refractivity (Wildman–Crippen MR) is 191 cm³/mol. The first kappa shape index (κ1) is 37.4. The molecule has 1 aliphatic rings. The second-order valence-corrected chi connectivity index (χ2v) is 12.3. The Balaban J connectivity index is 1.20. The summed E-state index contributed by atoms with van der Waals surface area (Å²) in [5, 5.41) is 27.9. The quantitative estimate of drug-likeness (QED) is 0.130. The van der Waals surface area contributed by atoms with Crippen LogP contribution in [-0.2, 0) is 20.9 Å². The van der Waals surface area contributed by atoms with Crippen molar-refractivity contribution in [2.24, 2.45) is 0 Å². The zero-order valence-corrected chi connectivity index (χ0v) is 28.4. The fourth-order valence-electron chi connectivity index (χ4n) is 5.88. The maximum atomic E-state index is 13.5. The van der Waals surface area contributed by atoms with E-state index in [4.69, 9.17) is 9.84 Å². The van der Waals surface area contributed by atoms with Gasteiger partial charge in [-0.1, -0.05) is 73.5 Å². The number of carbonyl (C=O) groups is 3. The number of nitrogens with one attached hydrogen (secondary N) is 2. The highest BCUT2D eigenvalue weighted by Gasteiger charge is 2.28. The van der Waals surface area contributed by atoms with E-state index in [1.54, 1.807) is 17.1 Å². The van der Waals surface area contributed by atoms with E-state index in [0.29, 0.717) is 26.1 Å². The summed E-state index contributed by atoms with van der Waals surface area (Å²) in [6, 6.07) is 24.9. The van der Waals surface area contributed by atoms with Crippen LogP contribution in [0.3, 0.4) is 0 Å². The molecule has 0 saturated carbocycles. The number of nitrogens with zero attached hydrogens (tertiary/aromatic N) is 3. The Morgan fingerprint density at radius 2 is 1.45 bits per heavy atom. The molecule has 3 aromatic rings. The average Bonchev–Trinajstić information content (AvgIpc) is 3.13. The molecular formula is C38H51N5O6. The molecule has 3 aromatic carbocycles. The molecule has 0 radical (unpaired) electrons. The molecule has 11 heteroatoms. The van der Waals surface area contributed by atoms with E-state index in [9.17, 15) is 19.5 Å². The molecule has 0 aliphatic carbocycles. The van der Waals surface area contributed by atoms with Crippen LogP contribution in [0.15, 0.2) is 78.9 Å². The second-order valence-electron chi connectivity index (χ2n) is 12.3. The number of hydrogen-bond acceptors (Lipinski definition) is 8. The number of carbonyl (C=O) groups excluding carboxylic acids is 3. The molecule has 0 unspecified atom stereocenters. The number of aliphatic hydroxyl groups is 1. The summed E-state index contributed by atoms with van der Waals surface area (Å²) in [6.45, 7) is 4.17. The lowest BCUT2D eigenvalue weighted by Crippen LogP contribution is -2.49. The van der Waals surface area contributed by atoms with Crippen molar-refractivity contribution in [2.45, 2.75) is 57.9 Å². The van der Waals surface area contributed by atoms with Gasteiger partial charge in [0.15, 0.2) is 0 Å². The molecule has 49 heavy (non-hydrogen) atoms. The number of phenols is 1. The van der Waals surface area contributed by atoms with Crippen molar-refractivity contribution in [2.75, 3.05) is 57.5 Å². The number of aliphatic hydroxyl groups excluding tert-OH is 1. The summed E-state index contributed by atoms with van der Waals surface area (Å²) >= 11 is 0. The van der Waals surface area contributed by atoms with Gasteiger partial charge in [-0.05, 0) is 61.6 Å². The van der Waals surface area contributed by atoms with E-state index in [2.05, 4.69) is 15.5 Å². The van der Waals surface area contributed by atoms with Crippen LogP contribution in [-0.4, -0.2) is 90.5 Å². The molecule has 1 fully saturated rings. The Kier molecular flexibility index (Phi) is 15.9. The van der Waals surface area contributed by atoms with E-state index in [1.807, 2.05) is 71.7 Å². The molecule has 0 spiro atoms. The summed E-state index contributed by atoms with van der Waals surface area (Å²) in [5.41, 5.74) is 3.76. The van der Waals surface area contributed by atoms with Crippen LogP contribution in [0.1, 0.15) is 56.9 Å². The largest absolute Gasteiger partial charge is 0.508 e. The van der Waals surface area contributed by atoms with E-state index in [1.165, 1.54) is 0 Å². The number of anilines is 1. The fourth-order valence-corrected chi connectivity index (χ4v) is 5.88. The third kappa shape index (κ3) is 12.8. The van der Waals surface area contributed by atoms with Gasteiger partial charge in [0.05, 0.1) is 18.7 Å². The minimum Gasteiger partial charge on any atom is -0.508 e. The third-order valence-electron chi connectivity index (χ3n) is 8.46. The average molecular weight is 674 g/mol. The zero-order chi connectivity index (χ0) is 34.7. The van der Waals surface area contributed by atoms with Crippen molar-refractivity contribution in [3.63, 3.8) is 0 Å². The molecule has 0 atom stereocenters. The predicted octanol–water partition coefficient (Wildman–Crippen LogP) is 5.08. The number of hydrazine groups is 1. The Bertz CT molecular complexity index is 1430. The number of rotatable bonds is 19. The van der Waals surface area contributed by atoms with Crippen molar-refractivity contribution in [1.29, 1.82) is 0 Å². The van der Waals surface area contributed by atoms with Crippen LogP contribution in [0.2, 0.25) is 0 Å². The fraction of sp³-hybridized carbons (Fsp3) is 0.447.